The Morgan fingerprint density at radius 1 is 0.969 bits per heavy atom. The molecule has 1 aromatic heterocycles. The maximum absolute atomic E-state index is 12.6. The van der Waals surface area contributed by atoms with Gasteiger partial charge in [-0.15, -0.1) is 10.2 Å². The van der Waals surface area contributed by atoms with Crippen LogP contribution in [0.4, 0.5) is 11.4 Å². The fraction of sp³-hybridized carbons (Fsp3) is 0.208. The number of rotatable bonds is 6. The van der Waals surface area contributed by atoms with Gasteiger partial charge in [0.25, 0.3) is 5.22 Å². The Labute approximate surface area is 189 Å². The number of nitrogens with zero attached hydrogens (tertiary/aromatic N) is 3. The van der Waals surface area contributed by atoms with Gasteiger partial charge in [-0.05, 0) is 29.0 Å². The molecule has 7 nitrogen and oxygen atoms in total. The summed E-state index contributed by atoms with van der Waals surface area (Å²) in [5.41, 5.74) is 2.68. The fourth-order valence-corrected chi connectivity index (χ4v) is 4.32. The van der Waals surface area contributed by atoms with Crippen LogP contribution in [-0.2, 0) is 9.53 Å². The van der Waals surface area contributed by atoms with Crippen molar-refractivity contribution >= 4 is 39.8 Å². The first-order chi connectivity index (χ1) is 15.8. The molecule has 1 aliphatic heterocycles. The molecular formula is C24H22N4O3S. The zero-order valence-electron chi connectivity index (χ0n) is 17.4. The van der Waals surface area contributed by atoms with Crippen molar-refractivity contribution < 1.29 is 13.9 Å². The predicted molar refractivity (Wildman–Crippen MR) is 126 cm³/mol. The normalized spacial score (nSPS) is 13.9. The molecule has 0 radical (unpaired) electrons. The number of amides is 1. The monoisotopic (exact) mass is 446 g/mol. The lowest BCUT2D eigenvalue weighted by Crippen LogP contribution is -2.36. The maximum Gasteiger partial charge on any atom is 0.277 e. The van der Waals surface area contributed by atoms with Gasteiger partial charge >= 0.3 is 0 Å². The van der Waals surface area contributed by atoms with Gasteiger partial charge in [0.15, 0.2) is 0 Å². The highest BCUT2D eigenvalue weighted by Gasteiger charge is 2.17. The maximum atomic E-state index is 12.6. The molecule has 1 saturated heterocycles. The molecule has 1 fully saturated rings. The Balaban J connectivity index is 1.25. The van der Waals surface area contributed by atoms with Crippen LogP contribution in [0.3, 0.4) is 0 Å². The molecule has 0 aliphatic carbocycles. The van der Waals surface area contributed by atoms with E-state index >= 15 is 0 Å². The molecule has 0 saturated carbocycles. The van der Waals surface area contributed by atoms with Gasteiger partial charge in [-0.25, -0.2) is 0 Å². The number of carbonyl (C=O) groups is 1. The minimum atomic E-state index is -0.124. The zero-order chi connectivity index (χ0) is 21.8. The summed E-state index contributed by atoms with van der Waals surface area (Å²) in [5, 5.41) is 13.8. The van der Waals surface area contributed by atoms with E-state index in [0.29, 0.717) is 24.3 Å². The molecule has 162 valence electrons. The van der Waals surface area contributed by atoms with E-state index in [1.54, 1.807) is 0 Å². The summed E-state index contributed by atoms with van der Waals surface area (Å²) < 4.78 is 11.3. The van der Waals surface area contributed by atoms with E-state index in [0.717, 1.165) is 40.8 Å². The third kappa shape index (κ3) is 4.46. The third-order valence-electron chi connectivity index (χ3n) is 5.28. The summed E-state index contributed by atoms with van der Waals surface area (Å²) in [6.07, 6.45) is 0. The van der Waals surface area contributed by atoms with Gasteiger partial charge in [0, 0.05) is 18.7 Å². The number of morpholine rings is 1. The van der Waals surface area contributed by atoms with Crippen LogP contribution in [0.25, 0.3) is 22.2 Å². The van der Waals surface area contributed by atoms with E-state index < -0.39 is 0 Å². The Kier molecular flexibility index (Phi) is 6.04. The minimum absolute atomic E-state index is 0.124. The molecule has 1 N–H and O–H groups in total. The number of ether oxygens (including phenoxy) is 1. The molecule has 32 heavy (non-hydrogen) atoms. The molecule has 0 atom stereocenters. The Hall–Kier alpha value is -3.36. The number of carbonyl (C=O) groups excluding carboxylic acids is 1. The number of aromatic nitrogens is 2. The molecule has 0 unspecified atom stereocenters. The quantitative estimate of drug-likeness (QED) is 0.438. The van der Waals surface area contributed by atoms with Crippen LogP contribution >= 0.6 is 11.8 Å². The van der Waals surface area contributed by atoms with Crippen molar-refractivity contribution in [1.82, 2.24) is 10.2 Å². The van der Waals surface area contributed by atoms with Gasteiger partial charge in [0.2, 0.25) is 11.8 Å². The molecule has 0 spiro atoms. The summed E-state index contributed by atoms with van der Waals surface area (Å²) >= 11 is 1.22. The summed E-state index contributed by atoms with van der Waals surface area (Å²) in [6.45, 7) is 2.99. The van der Waals surface area contributed by atoms with Crippen LogP contribution in [0.5, 0.6) is 0 Å². The van der Waals surface area contributed by atoms with Crippen molar-refractivity contribution in [2.75, 3.05) is 42.3 Å². The SMILES string of the molecule is O=C(CSc1nnc(-c2cccc3ccccc23)o1)Nc1ccccc1N1CCOCC1. The summed E-state index contributed by atoms with van der Waals surface area (Å²) in [5.74, 6) is 0.497. The summed E-state index contributed by atoms with van der Waals surface area (Å²) in [4.78, 5) is 14.8. The van der Waals surface area contributed by atoms with Crippen molar-refractivity contribution in [2.45, 2.75) is 5.22 Å². The van der Waals surface area contributed by atoms with Crippen LogP contribution in [0.1, 0.15) is 0 Å². The average molecular weight is 447 g/mol. The van der Waals surface area contributed by atoms with E-state index in [9.17, 15) is 4.79 Å². The molecule has 3 aromatic carbocycles. The topological polar surface area (TPSA) is 80.5 Å². The first-order valence-electron chi connectivity index (χ1n) is 10.4. The van der Waals surface area contributed by atoms with E-state index in [-0.39, 0.29) is 11.7 Å². The first-order valence-corrected chi connectivity index (χ1v) is 11.4. The van der Waals surface area contributed by atoms with Gasteiger partial charge in [-0.3, -0.25) is 4.79 Å². The van der Waals surface area contributed by atoms with E-state index in [4.69, 9.17) is 9.15 Å². The number of thioether (sulfide) groups is 1. The predicted octanol–water partition coefficient (Wildman–Crippen LogP) is 4.46. The summed E-state index contributed by atoms with van der Waals surface area (Å²) in [7, 11) is 0. The lowest BCUT2D eigenvalue weighted by molar-refractivity contribution is -0.113. The number of para-hydroxylation sites is 2. The lowest BCUT2D eigenvalue weighted by Gasteiger charge is -2.30. The zero-order valence-corrected chi connectivity index (χ0v) is 18.2. The largest absolute Gasteiger partial charge is 0.411 e. The molecule has 1 amide bonds. The number of nitrogens with one attached hydrogen (secondary N) is 1. The average Bonchev–Trinajstić information content (AvgIpc) is 3.32. The number of hydrogen-bond acceptors (Lipinski definition) is 7. The van der Waals surface area contributed by atoms with Gasteiger partial charge in [0.1, 0.15) is 0 Å². The van der Waals surface area contributed by atoms with Crippen LogP contribution in [0.15, 0.2) is 76.4 Å². The Bertz CT molecular complexity index is 1230. The fourth-order valence-electron chi connectivity index (χ4n) is 3.76. The van der Waals surface area contributed by atoms with E-state index in [1.807, 2.05) is 66.7 Å². The number of anilines is 2. The molecule has 8 heteroatoms. The highest BCUT2D eigenvalue weighted by molar-refractivity contribution is 7.99. The molecule has 1 aliphatic rings. The van der Waals surface area contributed by atoms with Crippen LogP contribution in [0, 0.1) is 0 Å². The van der Waals surface area contributed by atoms with E-state index in [2.05, 4.69) is 20.4 Å². The molecular weight excluding hydrogens is 424 g/mol. The highest BCUT2D eigenvalue weighted by Crippen LogP contribution is 2.30. The number of hydrogen-bond donors (Lipinski definition) is 1. The third-order valence-corrected chi connectivity index (χ3v) is 6.10. The van der Waals surface area contributed by atoms with Crippen LogP contribution in [0.2, 0.25) is 0 Å². The van der Waals surface area contributed by atoms with Gasteiger partial charge in [-0.2, -0.15) is 0 Å². The second-order valence-electron chi connectivity index (χ2n) is 7.35. The first kappa shape index (κ1) is 20.5. The van der Waals surface area contributed by atoms with Crippen molar-refractivity contribution in [3.63, 3.8) is 0 Å². The van der Waals surface area contributed by atoms with Crippen molar-refractivity contribution in [2.24, 2.45) is 0 Å². The number of fused-ring (bicyclic) bond motifs is 1. The van der Waals surface area contributed by atoms with Crippen LogP contribution in [-0.4, -0.2) is 48.2 Å². The Morgan fingerprint density at radius 2 is 1.75 bits per heavy atom. The Morgan fingerprint density at radius 3 is 2.66 bits per heavy atom. The lowest BCUT2D eigenvalue weighted by atomic mass is 10.0. The number of benzene rings is 3. The van der Waals surface area contributed by atoms with Crippen molar-refractivity contribution in [1.29, 1.82) is 0 Å². The minimum Gasteiger partial charge on any atom is -0.411 e. The van der Waals surface area contributed by atoms with Gasteiger partial charge in [0.05, 0.1) is 30.3 Å². The van der Waals surface area contributed by atoms with Crippen molar-refractivity contribution in [3.8, 4) is 11.5 Å². The van der Waals surface area contributed by atoms with Crippen LogP contribution < -0.4 is 10.2 Å². The molecule has 0 bridgehead atoms. The molecule has 4 aromatic rings. The molecule has 2 heterocycles. The standard InChI is InChI=1S/C24H22N4O3S/c29-22(25-20-10-3-4-11-21(20)28-12-14-30-15-13-28)16-32-24-27-26-23(31-24)19-9-5-7-17-6-1-2-8-18(17)19/h1-11H,12-16H2,(H,25,29). The summed E-state index contributed by atoms with van der Waals surface area (Å²) in [6, 6.07) is 21.8. The smallest absolute Gasteiger partial charge is 0.277 e. The second kappa shape index (κ2) is 9.42. The van der Waals surface area contributed by atoms with E-state index in [1.165, 1.54) is 11.8 Å². The van der Waals surface area contributed by atoms with Gasteiger partial charge in [-0.1, -0.05) is 60.3 Å². The highest BCUT2D eigenvalue weighted by atomic mass is 32.2. The molecule has 5 rings (SSSR count). The second-order valence-corrected chi connectivity index (χ2v) is 8.28. The van der Waals surface area contributed by atoms with Gasteiger partial charge < -0.3 is 19.4 Å². The van der Waals surface area contributed by atoms with Crippen molar-refractivity contribution in [3.05, 3.63) is 66.7 Å².